The number of piperidine rings is 1. The van der Waals surface area contributed by atoms with E-state index in [1.807, 2.05) is 6.07 Å². The summed E-state index contributed by atoms with van der Waals surface area (Å²) < 4.78 is 4.88. The monoisotopic (exact) mass is 261 g/mol. The minimum Gasteiger partial charge on any atom is -0.452 e. The molecule has 0 N–H and O–H groups in total. The van der Waals surface area contributed by atoms with Crippen molar-refractivity contribution in [2.24, 2.45) is 0 Å². The van der Waals surface area contributed by atoms with Crippen LogP contribution in [0, 0.1) is 0 Å². The van der Waals surface area contributed by atoms with E-state index in [0.29, 0.717) is 6.54 Å². The highest BCUT2D eigenvalue weighted by molar-refractivity contribution is 5.89. The van der Waals surface area contributed by atoms with Crippen molar-refractivity contribution < 1.29 is 9.53 Å². The number of amides is 1. The Morgan fingerprint density at radius 3 is 2.84 bits per heavy atom. The average Bonchev–Trinajstić information content (AvgIpc) is 2.77. The summed E-state index contributed by atoms with van der Waals surface area (Å²) >= 11 is 0. The first kappa shape index (κ1) is 12.4. The van der Waals surface area contributed by atoms with Gasteiger partial charge in [-0.15, -0.1) is 0 Å². The Kier molecular flexibility index (Phi) is 2.93. The molecule has 2 aliphatic rings. The topological polar surface area (TPSA) is 45.7 Å². The molecule has 1 amide bonds. The van der Waals surface area contributed by atoms with E-state index in [-0.39, 0.29) is 11.5 Å². The first-order valence-corrected chi connectivity index (χ1v) is 6.66. The number of anilines is 1. The Morgan fingerprint density at radius 1 is 1.42 bits per heavy atom. The summed E-state index contributed by atoms with van der Waals surface area (Å²) in [6.45, 7) is 2.81. The summed E-state index contributed by atoms with van der Waals surface area (Å²) in [5.41, 5.74) is 1.26. The standard InChI is InChI=1S/C14H19N3O2/c1-16-8-5-14(6-9-16)10-17(13(18)19-2)12-11(14)4-3-7-15-12/h3-4,7H,5-6,8-10H2,1-2H3. The fourth-order valence-electron chi connectivity index (χ4n) is 3.22. The molecule has 0 aliphatic carbocycles. The maximum atomic E-state index is 11.9. The summed E-state index contributed by atoms with van der Waals surface area (Å²) in [6.07, 6.45) is 3.56. The van der Waals surface area contributed by atoms with Crippen LogP contribution in [0.4, 0.5) is 10.6 Å². The Morgan fingerprint density at radius 2 is 2.16 bits per heavy atom. The molecule has 5 heteroatoms. The van der Waals surface area contributed by atoms with E-state index in [1.165, 1.54) is 12.7 Å². The molecule has 0 bridgehead atoms. The summed E-state index contributed by atoms with van der Waals surface area (Å²) in [7, 11) is 3.56. The number of rotatable bonds is 0. The Hall–Kier alpha value is -1.62. The van der Waals surface area contributed by atoms with E-state index in [0.717, 1.165) is 31.7 Å². The van der Waals surface area contributed by atoms with E-state index in [4.69, 9.17) is 4.74 Å². The zero-order chi connectivity index (χ0) is 13.5. The molecule has 5 nitrogen and oxygen atoms in total. The maximum absolute atomic E-state index is 11.9. The van der Waals surface area contributed by atoms with Gasteiger partial charge in [-0.1, -0.05) is 6.07 Å². The van der Waals surface area contributed by atoms with Gasteiger partial charge in [-0.3, -0.25) is 4.90 Å². The number of ether oxygens (including phenoxy) is 1. The van der Waals surface area contributed by atoms with Gasteiger partial charge in [-0.05, 0) is 39.0 Å². The molecule has 0 saturated carbocycles. The van der Waals surface area contributed by atoms with Crippen molar-refractivity contribution in [2.45, 2.75) is 18.3 Å². The molecule has 0 radical (unpaired) electrons. The van der Waals surface area contributed by atoms with Crippen LogP contribution in [0.15, 0.2) is 18.3 Å². The number of carbonyl (C=O) groups is 1. The van der Waals surface area contributed by atoms with Gasteiger partial charge in [-0.2, -0.15) is 0 Å². The molecule has 0 atom stereocenters. The van der Waals surface area contributed by atoms with Crippen LogP contribution in [0.25, 0.3) is 0 Å². The molecule has 19 heavy (non-hydrogen) atoms. The molecular formula is C14H19N3O2. The van der Waals surface area contributed by atoms with Crippen LogP contribution in [0.2, 0.25) is 0 Å². The molecule has 102 valence electrons. The van der Waals surface area contributed by atoms with Gasteiger partial charge in [0, 0.05) is 23.7 Å². The van der Waals surface area contributed by atoms with E-state index in [2.05, 4.69) is 23.0 Å². The van der Waals surface area contributed by atoms with Gasteiger partial charge in [0.05, 0.1) is 7.11 Å². The van der Waals surface area contributed by atoms with Crippen LogP contribution in [0.3, 0.4) is 0 Å². The number of aromatic nitrogens is 1. The third-order valence-corrected chi connectivity index (χ3v) is 4.41. The highest BCUT2D eigenvalue weighted by Crippen LogP contribution is 2.45. The first-order chi connectivity index (χ1) is 9.16. The van der Waals surface area contributed by atoms with Gasteiger partial charge in [0.2, 0.25) is 0 Å². The normalized spacial score (nSPS) is 21.5. The third-order valence-electron chi connectivity index (χ3n) is 4.41. The lowest BCUT2D eigenvalue weighted by molar-refractivity contribution is 0.170. The quantitative estimate of drug-likeness (QED) is 0.712. The zero-order valence-electron chi connectivity index (χ0n) is 11.4. The molecule has 3 heterocycles. The predicted octanol–water partition coefficient (Wildman–Crippen LogP) is 1.63. The number of pyridine rings is 1. The van der Waals surface area contributed by atoms with E-state index < -0.39 is 0 Å². The number of likely N-dealkylation sites (tertiary alicyclic amines) is 1. The number of fused-ring (bicyclic) bond motifs is 2. The molecule has 1 aromatic heterocycles. The Labute approximate surface area is 113 Å². The maximum Gasteiger partial charge on any atom is 0.415 e. The Balaban J connectivity index is 1.99. The molecule has 1 saturated heterocycles. The lowest BCUT2D eigenvalue weighted by Gasteiger charge is -2.38. The van der Waals surface area contributed by atoms with Crippen LogP contribution in [0.1, 0.15) is 18.4 Å². The summed E-state index contributed by atoms with van der Waals surface area (Å²) in [6, 6.07) is 4.07. The second-order valence-electron chi connectivity index (χ2n) is 5.51. The molecule has 1 fully saturated rings. The van der Waals surface area contributed by atoms with Gasteiger partial charge in [0.25, 0.3) is 0 Å². The van der Waals surface area contributed by atoms with Gasteiger partial charge < -0.3 is 9.64 Å². The Bertz CT molecular complexity index is 495. The first-order valence-electron chi connectivity index (χ1n) is 6.66. The van der Waals surface area contributed by atoms with Gasteiger partial charge in [-0.25, -0.2) is 9.78 Å². The fraction of sp³-hybridized carbons (Fsp3) is 0.571. The number of hydrogen-bond donors (Lipinski definition) is 0. The summed E-state index contributed by atoms with van der Waals surface area (Å²) in [4.78, 5) is 20.3. The van der Waals surface area contributed by atoms with Crippen molar-refractivity contribution in [2.75, 3.05) is 38.7 Å². The van der Waals surface area contributed by atoms with Crippen molar-refractivity contribution in [1.29, 1.82) is 0 Å². The van der Waals surface area contributed by atoms with Crippen LogP contribution in [-0.2, 0) is 10.2 Å². The van der Waals surface area contributed by atoms with E-state index in [1.54, 1.807) is 11.1 Å². The highest BCUT2D eigenvalue weighted by Gasteiger charge is 2.47. The molecule has 2 aliphatic heterocycles. The second-order valence-corrected chi connectivity index (χ2v) is 5.51. The van der Waals surface area contributed by atoms with Crippen LogP contribution >= 0.6 is 0 Å². The molecular weight excluding hydrogens is 242 g/mol. The lowest BCUT2D eigenvalue weighted by Crippen LogP contribution is -2.44. The number of hydrogen-bond acceptors (Lipinski definition) is 4. The molecule has 1 aromatic rings. The molecule has 0 unspecified atom stereocenters. The van der Waals surface area contributed by atoms with Crippen LogP contribution in [-0.4, -0.2) is 49.8 Å². The predicted molar refractivity (Wildman–Crippen MR) is 72.4 cm³/mol. The molecule has 0 aromatic carbocycles. The smallest absolute Gasteiger partial charge is 0.415 e. The number of carbonyl (C=O) groups excluding carboxylic acids is 1. The van der Waals surface area contributed by atoms with Gasteiger partial charge >= 0.3 is 6.09 Å². The van der Waals surface area contributed by atoms with Crippen LogP contribution < -0.4 is 4.90 Å². The highest BCUT2D eigenvalue weighted by atomic mass is 16.5. The molecule has 3 rings (SSSR count). The van der Waals surface area contributed by atoms with Crippen molar-refractivity contribution in [3.63, 3.8) is 0 Å². The number of methoxy groups -OCH3 is 1. The zero-order valence-corrected chi connectivity index (χ0v) is 11.4. The largest absolute Gasteiger partial charge is 0.452 e. The van der Waals surface area contributed by atoms with Gasteiger partial charge in [0.15, 0.2) is 0 Å². The van der Waals surface area contributed by atoms with Crippen molar-refractivity contribution in [1.82, 2.24) is 9.88 Å². The fourth-order valence-corrected chi connectivity index (χ4v) is 3.22. The third kappa shape index (κ3) is 1.89. The SMILES string of the molecule is COC(=O)N1CC2(CCN(C)CC2)c2cccnc21. The minimum atomic E-state index is -0.309. The molecule has 1 spiro atoms. The summed E-state index contributed by atoms with van der Waals surface area (Å²) in [5.74, 6) is 0.777. The van der Waals surface area contributed by atoms with Crippen molar-refractivity contribution in [3.8, 4) is 0 Å². The van der Waals surface area contributed by atoms with E-state index >= 15 is 0 Å². The van der Waals surface area contributed by atoms with Gasteiger partial charge in [0.1, 0.15) is 5.82 Å². The summed E-state index contributed by atoms with van der Waals surface area (Å²) in [5, 5.41) is 0. The van der Waals surface area contributed by atoms with Crippen molar-refractivity contribution >= 4 is 11.9 Å². The number of nitrogens with zero attached hydrogens (tertiary/aromatic N) is 3. The second kappa shape index (κ2) is 4.49. The van der Waals surface area contributed by atoms with E-state index in [9.17, 15) is 4.79 Å². The average molecular weight is 261 g/mol. The lowest BCUT2D eigenvalue weighted by atomic mass is 9.75. The van der Waals surface area contributed by atoms with Crippen molar-refractivity contribution in [3.05, 3.63) is 23.9 Å². The minimum absolute atomic E-state index is 0.0598. The van der Waals surface area contributed by atoms with Crippen LogP contribution in [0.5, 0.6) is 0 Å².